The van der Waals surface area contributed by atoms with Crippen molar-refractivity contribution in [2.75, 3.05) is 14.1 Å². The summed E-state index contributed by atoms with van der Waals surface area (Å²) < 4.78 is 0. The predicted molar refractivity (Wildman–Crippen MR) is 72.8 cm³/mol. The Bertz CT molecular complexity index is 617. The summed E-state index contributed by atoms with van der Waals surface area (Å²) in [5.74, 6) is 0.617. The third kappa shape index (κ3) is 2.21. The number of rotatable bonds is 2. The van der Waals surface area contributed by atoms with E-state index in [9.17, 15) is 0 Å². The topological polar surface area (TPSA) is 55.7 Å². The second-order valence-electron chi connectivity index (χ2n) is 4.66. The van der Waals surface area contributed by atoms with Crippen LogP contribution in [0.5, 0.6) is 0 Å². The van der Waals surface area contributed by atoms with Crippen LogP contribution >= 0.6 is 0 Å². The van der Waals surface area contributed by atoms with E-state index in [2.05, 4.69) is 36.0 Å². The van der Waals surface area contributed by atoms with Crippen LogP contribution in [0.3, 0.4) is 0 Å². The van der Waals surface area contributed by atoms with E-state index in [0.717, 1.165) is 11.0 Å². The van der Waals surface area contributed by atoms with Gasteiger partial charge in [0, 0.05) is 20.3 Å². The van der Waals surface area contributed by atoms with Gasteiger partial charge in [-0.1, -0.05) is 0 Å². The summed E-state index contributed by atoms with van der Waals surface area (Å²) in [6.45, 7) is 4.13. The summed E-state index contributed by atoms with van der Waals surface area (Å²) in [5, 5.41) is 9.16. The van der Waals surface area contributed by atoms with Crippen molar-refractivity contribution in [3.05, 3.63) is 35.3 Å². The van der Waals surface area contributed by atoms with Crippen molar-refractivity contribution in [1.29, 1.82) is 5.26 Å². The smallest absolute Gasteiger partial charge is 0.150 e. The lowest BCUT2D eigenvalue weighted by atomic mass is 10.1. The van der Waals surface area contributed by atoms with E-state index in [1.807, 2.05) is 25.1 Å². The first-order valence-corrected chi connectivity index (χ1v) is 5.77. The SMILES string of the molecule is Cc1cc2nc(/C(C#N)=C/N(C)C)[nH]c2cc1C. The number of aromatic nitrogens is 2. The molecule has 0 saturated heterocycles. The number of allylic oxidation sites excluding steroid dienone is 1. The summed E-state index contributed by atoms with van der Waals surface area (Å²) >= 11 is 0. The second-order valence-corrected chi connectivity index (χ2v) is 4.66. The van der Waals surface area contributed by atoms with Crippen molar-refractivity contribution in [1.82, 2.24) is 14.9 Å². The van der Waals surface area contributed by atoms with E-state index in [1.165, 1.54) is 11.1 Å². The summed E-state index contributed by atoms with van der Waals surface area (Å²) in [5.41, 5.74) is 4.82. The normalized spacial score (nSPS) is 11.6. The van der Waals surface area contributed by atoms with Crippen LogP contribution in [-0.4, -0.2) is 29.0 Å². The van der Waals surface area contributed by atoms with Crippen LogP contribution in [0.15, 0.2) is 18.3 Å². The van der Waals surface area contributed by atoms with Gasteiger partial charge in [0.25, 0.3) is 0 Å². The zero-order valence-electron chi connectivity index (χ0n) is 11.1. The molecule has 1 aromatic carbocycles. The van der Waals surface area contributed by atoms with E-state index in [-0.39, 0.29) is 0 Å². The molecule has 2 rings (SSSR count). The number of nitrogens with one attached hydrogen (secondary N) is 1. The molecule has 4 heteroatoms. The van der Waals surface area contributed by atoms with E-state index in [4.69, 9.17) is 5.26 Å². The lowest BCUT2D eigenvalue weighted by molar-refractivity contribution is 0.566. The molecule has 1 aromatic heterocycles. The Morgan fingerprint density at radius 2 is 2.00 bits per heavy atom. The maximum atomic E-state index is 9.16. The number of benzene rings is 1. The van der Waals surface area contributed by atoms with Gasteiger partial charge in [-0.3, -0.25) is 0 Å². The number of H-pyrrole nitrogens is 1. The Kier molecular flexibility index (Phi) is 3.07. The molecule has 0 aliphatic heterocycles. The fourth-order valence-corrected chi connectivity index (χ4v) is 1.80. The van der Waals surface area contributed by atoms with Gasteiger partial charge in [0.05, 0.1) is 11.0 Å². The fourth-order valence-electron chi connectivity index (χ4n) is 1.80. The summed E-state index contributed by atoms with van der Waals surface area (Å²) in [4.78, 5) is 9.49. The highest BCUT2D eigenvalue weighted by atomic mass is 15.0. The number of fused-ring (bicyclic) bond motifs is 1. The number of aryl methyl sites for hydroxylation is 2. The molecule has 0 saturated carbocycles. The molecule has 2 aromatic rings. The first-order valence-electron chi connectivity index (χ1n) is 5.77. The molecule has 0 fully saturated rings. The van der Waals surface area contributed by atoms with Crippen molar-refractivity contribution in [3.8, 4) is 6.07 Å². The highest BCUT2D eigenvalue weighted by Gasteiger charge is 2.09. The molecular formula is C14H16N4. The Balaban J connectivity index is 2.57. The van der Waals surface area contributed by atoms with Gasteiger partial charge in [0.1, 0.15) is 11.6 Å². The van der Waals surface area contributed by atoms with Gasteiger partial charge in [-0.25, -0.2) is 4.98 Å². The van der Waals surface area contributed by atoms with Crippen LogP contribution in [0.1, 0.15) is 17.0 Å². The largest absolute Gasteiger partial charge is 0.382 e. The lowest BCUT2D eigenvalue weighted by Crippen LogP contribution is -2.02. The fraction of sp³-hybridized carbons (Fsp3) is 0.286. The van der Waals surface area contributed by atoms with E-state index in [1.54, 1.807) is 6.20 Å². The van der Waals surface area contributed by atoms with Crippen LogP contribution < -0.4 is 0 Å². The number of nitrogens with zero attached hydrogens (tertiary/aromatic N) is 3. The molecule has 0 bridgehead atoms. The van der Waals surface area contributed by atoms with Gasteiger partial charge in [-0.15, -0.1) is 0 Å². The number of hydrogen-bond acceptors (Lipinski definition) is 3. The zero-order chi connectivity index (χ0) is 13.3. The summed E-state index contributed by atoms with van der Waals surface area (Å²) in [7, 11) is 3.77. The average molecular weight is 240 g/mol. The van der Waals surface area contributed by atoms with Gasteiger partial charge in [0.2, 0.25) is 0 Å². The van der Waals surface area contributed by atoms with Gasteiger partial charge >= 0.3 is 0 Å². The van der Waals surface area contributed by atoms with E-state index in [0.29, 0.717) is 11.4 Å². The van der Waals surface area contributed by atoms with Crippen LogP contribution in [-0.2, 0) is 0 Å². The summed E-state index contributed by atoms with van der Waals surface area (Å²) in [6.07, 6.45) is 1.76. The summed E-state index contributed by atoms with van der Waals surface area (Å²) in [6, 6.07) is 6.26. The number of nitriles is 1. The Hall–Kier alpha value is -2.28. The van der Waals surface area contributed by atoms with Gasteiger partial charge in [0.15, 0.2) is 5.82 Å². The molecule has 4 nitrogen and oxygen atoms in total. The molecule has 0 amide bonds. The van der Waals surface area contributed by atoms with E-state index >= 15 is 0 Å². The minimum Gasteiger partial charge on any atom is -0.382 e. The van der Waals surface area contributed by atoms with Gasteiger partial charge < -0.3 is 9.88 Å². The van der Waals surface area contributed by atoms with Crippen LogP contribution in [0.25, 0.3) is 16.6 Å². The molecule has 0 aliphatic rings. The third-order valence-corrected chi connectivity index (χ3v) is 2.86. The zero-order valence-corrected chi connectivity index (χ0v) is 11.1. The van der Waals surface area contributed by atoms with Crippen molar-refractivity contribution in [3.63, 3.8) is 0 Å². The second kappa shape index (κ2) is 4.53. The number of aromatic amines is 1. The lowest BCUT2D eigenvalue weighted by Gasteiger charge is -2.04. The van der Waals surface area contributed by atoms with Crippen molar-refractivity contribution < 1.29 is 0 Å². The highest BCUT2D eigenvalue weighted by molar-refractivity contribution is 5.83. The number of hydrogen-bond donors (Lipinski definition) is 1. The Morgan fingerprint density at radius 3 is 2.61 bits per heavy atom. The molecule has 92 valence electrons. The Morgan fingerprint density at radius 1 is 1.33 bits per heavy atom. The molecule has 18 heavy (non-hydrogen) atoms. The molecule has 0 spiro atoms. The molecular weight excluding hydrogens is 224 g/mol. The molecule has 1 heterocycles. The standard InChI is InChI=1S/C14H16N4/c1-9-5-12-13(6-10(9)2)17-14(16-12)11(7-15)8-18(3)4/h5-6,8H,1-4H3,(H,16,17)/b11-8+. The molecule has 0 aliphatic carbocycles. The monoisotopic (exact) mass is 240 g/mol. The van der Waals surface area contributed by atoms with Gasteiger partial charge in [-0.2, -0.15) is 5.26 Å². The molecule has 0 atom stereocenters. The molecule has 0 unspecified atom stereocenters. The Labute approximate surface area is 107 Å². The van der Waals surface area contributed by atoms with Crippen molar-refractivity contribution in [2.24, 2.45) is 0 Å². The third-order valence-electron chi connectivity index (χ3n) is 2.86. The van der Waals surface area contributed by atoms with Crippen LogP contribution in [0.4, 0.5) is 0 Å². The van der Waals surface area contributed by atoms with Gasteiger partial charge in [-0.05, 0) is 37.1 Å². The first kappa shape index (κ1) is 12.2. The van der Waals surface area contributed by atoms with Crippen LogP contribution in [0, 0.1) is 25.2 Å². The maximum absolute atomic E-state index is 9.16. The number of imidazole rings is 1. The maximum Gasteiger partial charge on any atom is 0.150 e. The molecule has 0 radical (unpaired) electrons. The van der Waals surface area contributed by atoms with Crippen molar-refractivity contribution >= 4 is 16.6 Å². The quantitative estimate of drug-likeness (QED) is 0.821. The minimum absolute atomic E-state index is 0.534. The average Bonchev–Trinajstić information content (AvgIpc) is 2.69. The molecule has 1 N–H and O–H groups in total. The van der Waals surface area contributed by atoms with Crippen LogP contribution in [0.2, 0.25) is 0 Å². The predicted octanol–water partition coefficient (Wildman–Crippen LogP) is 2.61. The minimum atomic E-state index is 0.534. The first-order chi connectivity index (χ1) is 8.51. The van der Waals surface area contributed by atoms with E-state index < -0.39 is 0 Å². The highest BCUT2D eigenvalue weighted by Crippen LogP contribution is 2.20. The van der Waals surface area contributed by atoms with Crippen molar-refractivity contribution in [2.45, 2.75) is 13.8 Å².